The van der Waals surface area contributed by atoms with Gasteiger partial charge >= 0.3 is 0 Å². The minimum atomic E-state index is -0.376. The molecule has 0 saturated carbocycles. The Morgan fingerprint density at radius 2 is 1.85 bits per heavy atom. The molecule has 1 heterocycles. The molecule has 0 fully saturated rings. The number of allylic oxidation sites excluding steroid dienone is 1. The molecule has 140 valence electrons. The molecule has 0 aliphatic carbocycles. The number of halogens is 1. The van der Waals surface area contributed by atoms with Gasteiger partial charge in [0, 0.05) is 29.4 Å². The molecule has 1 amide bonds. The maximum absolute atomic E-state index is 14.6. The predicted molar refractivity (Wildman–Crippen MR) is 109 cm³/mol. The van der Waals surface area contributed by atoms with Gasteiger partial charge in [-0.2, -0.15) is 5.10 Å². The minimum absolute atomic E-state index is 0.179. The molecule has 2 aromatic rings. The number of fused-ring (bicyclic) bond motifs is 1. The summed E-state index contributed by atoms with van der Waals surface area (Å²) in [5.74, 6) is -0.707. The van der Waals surface area contributed by atoms with E-state index in [1.807, 2.05) is 33.0 Å². The van der Waals surface area contributed by atoms with Crippen LogP contribution in [0.2, 0.25) is 0 Å². The first-order chi connectivity index (χ1) is 12.7. The van der Waals surface area contributed by atoms with E-state index in [-0.39, 0.29) is 17.3 Å². The van der Waals surface area contributed by atoms with Crippen molar-refractivity contribution in [2.45, 2.75) is 33.2 Å². The van der Waals surface area contributed by atoms with Crippen LogP contribution >= 0.6 is 0 Å². The van der Waals surface area contributed by atoms with Crippen molar-refractivity contribution in [1.82, 2.24) is 5.43 Å². The first-order valence-corrected chi connectivity index (χ1v) is 8.86. The normalized spacial score (nSPS) is 15.5. The van der Waals surface area contributed by atoms with E-state index < -0.39 is 0 Å². The second-order valence-electron chi connectivity index (χ2n) is 7.50. The number of anilines is 1. The predicted octanol–water partition coefficient (Wildman–Crippen LogP) is 4.53. The van der Waals surface area contributed by atoms with E-state index in [4.69, 9.17) is 0 Å². The van der Waals surface area contributed by atoms with E-state index in [1.165, 1.54) is 12.3 Å². The number of nitrogens with zero attached hydrogens (tertiary/aromatic N) is 2. The van der Waals surface area contributed by atoms with E-state index in [1.54, 1.807) is 18.2 Å². The van der Waals surface area contributed by atoms with Gasteiger partial charge in [-0.3, -0.25) is 4.79 Å². The van der Waals surface area contributed by atoms with Crippen LogP contribution in [0.15, 0.2) is 47.6 Å². The van der Waals surface area contributed by atoms with Crippen LogP contribution in [0, 0.1) is 12.7 Å². The number of rotatable bonds is 3. The summed E-state index contributed by atoms with van der Waals surface area (Å²) in [6.45, 7) is 8.15. The Hall–Kier alpha value is -2.95. The third-order valence-electron chi connectivity index (χ3n) is 5.02. The van der Waals surface area contributed by atoms with Crippen molar-refractivity contribution in [2.24, 2.45) is 5.10 Å². The summed E-state index contributed by atoms with van der Waals surface area (Å²) in [6, 6.07) is 10.5. The maximum Gasteiger partial charge on any atom is 0.271 e. The highest BCUT2D eigenvalue weighted by molar-refractivity contribution is 5.95. The third-order valence-corrected chi connectivity index (χ3v) is 5.02. The molecule has 0 radical (unpaired) electrons. The van der Waals surface area contributed by atoms with Gasteiger partial charge in [-0.05, 0) is 57.5 Å². The summed E-state index contributed by atoms with van der Waals surface area (Å²) < 4.78 is 14.6. The molecule has 0 aromatic heterocycles. The number of hydrazone groups is 1. The standard InChI is InChI=1S/C22H24FN3O/c1-14-6-8-16(9-7-14)21(27)25-24-13-17-10-18-15(2)12-22(3,4)26(5)20(18)11-19(17)23/h6-13H,1-5H3,(H,25,27)/b24-13-. The van der Waals surface area contributed by atoms with Crippen LogP contribution in [0.4, 0.5) is 10.1 Å². The van der Waals surface area contributed by atoms with Crippen molar-refractivity contribution in [3.63, 3.8) is 0 Å². The van der Waals surface area contributed by atoms with Crippen molar-refractivity contribution in [1.29, 1.82) is 0 Å². The molecule has 2 aromatic carbocycles. The fourth-order valence-corrected chi connectivity index (χ4v) is 3.22. The number of benzene rings is 2. The Labute approximate surface area is 159 Å². The summed E-state index contributed by atoms with van der Waals surface area (Å²) in [4.78, 5) is 14.2. The fraction of sp³-hybridized carbons (Fsp3) is 0.273. The highest BCUT2D eigenvalue weighted by Gasteiger charge is 2.29. The van der Waals surface area contributed by atoms with Crippen molar-refractivity contribution in [3.05, 3.63) is 70.5 Å². The minimum Gasteiger partial charge on any atom is -0.365 e. The molecule has 1 N–H and O–H groups in total. The SMILES string of the molecule is CC1=CC(C)(C)N(C)c2cc(F)c(/C=N\NC(=O)c3ccc(C)cc3)cc21. The first kappa shape index (κ1) is 18.8. The van der Waals surface area contributed by atoms with E-state index in [2.05, 4.69) is 35.4 Å². The largest absolute Gasteiger partial charge is 0.365 e. The smallest absolute Gasteiger partial charge is 0.271 e. The lowest BCUT2D eigenvalue weighted by Crippen LogP contribution is -2.42. The van der Waals surface area contributed by atoms with Crippen LogP contribution in [0.25, 0.3) is 5.57 Å². The highest BCUT2D eigenvalue weighted by atomic mass is 19.1. The van der Waals surface area contributed by atoms with Gasteiger partial charge < -0.3 is 4.90 Å². The number of hydrogen-bond donors (Lipinski definition) is 1. The second-order valence-corrected chi connectivity index (χ2v) is 7.50. The average Bonchev–Trinajstić information content (AvgIpc) is 2.61. The Bertz CT molecular complexity index is 943. The molecule has 1 aliphatic heterocycles. The summed E-state index contributed by atoms with van der Waals surface area (Å²) in [5, 5.41) is 3.93. The van der Waals surface area contributed by atoms with Gasteiger partial charge in [0.1, 0.15) is 5.82 Å². The lowest BCUT2D eigenvalue weighted by atomic mass is 9.88. The molecule has 4 nitrogen and oxygen atoms in total. The zero-order chi connectivity index (χ0) is 19.8. The van der Waals surface area contributed by atoms with Crippen LogP contribution in [0.1, 0.15) is 47.8 Å². The highest BCUT2D eigenvalue weighted by Crippen LogP contribution is 2.38. The summed E-state index contributed by atoms with van der Waals surface area (Å²) in [5.41, 5.74) is 7.07. The van der Waals surface area contributed by atoms with Crippen LogP contribution in [-0.4, -0.2) is 24.7 Å². The van der Waals surface area contributed by atoms with E-state index in [0.29, 0.717) is 11.1 Å². The molecular formula is C22H24FN3O. The lowest BCUT2D eigenvalue weighted by Gasteiger charge is -2.40. The molecule has 27 heavy (non-hydrogen) atoms. The summed E-state index contributed by atoms with van der Waals surface area (Å²) in [6.07, 6.45) is 3.50. The van der Waals surface area contributed by atoms with Gasteiger partial charge in [-0.1, -0.05) is 23.8 Å². The fourth-order valence-electron chi connectivity index (χ4n) is 3.22. The van der Waals surface area contributed by atoms with Gasteiger partial charge in [-0.25, -0.2) is 9.82 Å². The molecule has 0 spiro atoms. The van der Waals surface area contributed by atoms with Gasteiger partial charge in [0.25, 0.3) is 5.91 Å². The number of likely N-dealkylation sites (N-methyl/N-ethyl adjacent to an activating group) is 1. The molecule has 1 aliphatic rings. The molecule has 0 unspecified atom stereocenters. The third kappa shape index (κ3) is 3.77. The Kier molecular flexibility index (Phi) is 4.87. The number of carbonyl (C=O) groups is 1. The number of hydrogen-bond acceptors (Lipinski definition) is 3. The number of carbonyl (C=O) groups excluding carboxylic acids is 1. The monoisotopic (exact) mass is 365 g/mol. The van der Waals surface area contributed by atoms with Crippen LogP contribution in [-0.2, 0) is 0 Å². The van der Waals surface area contributed by atoms with Crippen molar-refractivity contribution >= 4 is 23.4 Å². The molecular weight excluding hydrogens is 341 g/mol. The van der Waals surface area contributed by atoms with Gasteiger partial charge in [0.05, 0.1) is 11.8 Å². The van der Waals surface area contributed by atoms with Gasteiger partial charge in [0.15, 0.2) is 0 Å². The van der Waals surface area contributed by atoms with E-state index in [9.17, 15) is 9.18 Å². The Balaban J connectivity index is 1.82. The summed E-state index contributed by atoms with van der Waals surface area (Å²) >= 11 is 0. The van der Waals surface area contributed by atoms with E-state index in [0.717, 1.165) is 22.4 Å². The number of amides is 1. The quantitative estimate of drug-likeness (QED) is 0.642. The van der Waals surface area contributed by atoms with Crippen LogP contribution in [0.3, 0.4) is 0 Å². The van der Waals surface area contributed by atoms with E-state index >= 15 is 0 Å². The molecule has 5 heteroatoms. The maximum atomic E-state index is 14.6. The van der Waals surface area contributed by atoms with Crippen LogP contribution < -0.4 is 10.3 Å². The number of nitrogens with one attached hydrogen (secondary N) is 1. The average molecular weight is 365 g/mol. The topological polar surface area (TPSA) is 44.7 Å². The Morgan fingerprint density at radius 3 is 2.52 bits per heavy atom. The van der Waals surface area contributed by atoms with Gasteiger partial charge in [-0.15, -0.1) is 0 Å². The molecule has 0 bridgehead atoms. The zero-order valence-electron chi connectivity index (χ0n) is 16.3. The van der Waals surface area contributed by atoms with Crippen LogP contribution in [0.5, 0.6) is 0 Å². The summed E-state index contributed by atoms with van der Waals surface area (Å²) in [7, 11) is 1.96. The van der Waals surface area contributed by atoms with Crippen molar-refractivity contribution in [3.8, 4) is 0 Å². The van der Waals surface area contributed by atoms with Crippen molar-refractivity contribution in [2.75, 3.05) is 11.9 Å². The first-order valence-electron chi connectivity index (χ1n) is 8.86. The lowest BCUT2D eigenvalue weighted by molar-refractivity contribution is 0.0955. The Morgan fingerprint density at radius 1 is 1.19 bits per heavy atom. The second kappa shape index (κ2) is 6.99. The molecule has 3 rings (SSSR count). The molecule has 0 atom stereocenters. The molecule has 0 saturated heterocycles. The number of aryl methyl sites for hydroxylation is 1. The van der Waals surface area contributed by atoms with Gasteiger partial charge in [0.2, 0.25) is 0 Å². The zero-order valence-corrected chi connectivity index (χ0v) is 16.3. The van der Waals surface area contributed by atoms with Crippen molar-refractivity contribution < 1.29 is 9.18 Å².